The number of methoxy groups -OCH3 is 1. The summed E-state index contributed by atoms with van der Waals surface area (Å²) in [5.41, 5.74) is 5.59. The summed E-state index contributed by atoms with van der Waals surface area (Å²) < 4.78 is 5.46. The molecule has 1 aliphatic carbocycles. The summed E-state index contributed by atoms with van der Waals surface area (Å²) in [4.78, 5) is 3.02. The van der Waals surface area contributed by atoms with E-state index >= 15 is 0 Å². The molecule has 0 spiro atoms. The van der Waals surface area contributed by atoms with E-state index in [1.165, 1.54) is 19.3 Å². The first-order valence-corrected chi connectivity index (χ1v) is 6.48. The minimum Gasteiger partial charge on any atom is -0.393 e. The minimum atomic E-state index is 0.429. The lowest BCUT2D eigenvalue weighted by molar-refractivity contribution is 0.0264. The van der Waals surface area contributed by atoms with Gasteiger partial charge in [0.1, 0.15) is 0 Å². The molecule has 0 radical (unpaired) electrons. The normalized spacial score (nSPS) is 28.0. The summed E-state index contributed by atoms with van der Waals surface area (Å²) in [6.07, 6.45) is 6.09. The summed E-state index contributed by atoms with van der Waals surface area (Å²) in [5.74, 6) is 0. The highest BCUT2D eigenvalue weighted by molar-refractivity contribution is 7.80. The van der Waals surface area contributed by atoms with Crippen molar-refractivity contribution in [2.24, 2.45) is 5.73 Å². The molecule has 0 aromatic heterocycles. The molecule has 1 rings (SSSR count). The van der Waals surface area contributed by atoms with Crippen LogP contribution >= 0.6 is 12.2 Å². The van der Waals surface area contributed by atoms with Gasteiger partial charge in [-0.3, -0.25) is 0 Å². The van der Waals surface area contributed by atoms with Gasteiger partial charge in [-0.2, -0.15) is 0 Å². The summed E-state index contributed by atoms with van der Waals surface area (Å²) in [7, 11) is 3.98. The van der Waals surface area contributed by atoms with Crippen molar-refractivity contribution >= 4 is 17.2 Å². The quantitative estimate of drug-likeness (QED) is 0.750. The Bertz CT molecular complexity index is 235. The van der Waals surface area contributed by atoms with Gasteiger partial charge in [-0.05, 0) is 39.7 Å². The fourth-order valence-electron chi connectivity index (χ4n) is 2.50. The van der Waals surface area contributed by atoms with Crippen LogP contribution in [0, 0.1) is 0 Å². The second kappa shape index (κ2) is 6.52. The van der Waals surface area contributed by atoms with Gasteiger partial charge in [0.2, 0.25) is 0 Å². The Morgan fingerprint density at radius 2 is 2.25 bits per heavy atom. The van der Waals surface area contributed by atoms with E-state index in [1.807, 2.05) is 7.11 Å². The first kappa shape index (κ1) is 13.9. The van der Waals surface area contributed by atoms with Crippen molar-refractivity contribution < 1.29 is 4.74 Å². The van der Waals surface area contributed by atoms with Gasteiger partial charge in [-0.1, -0.05) is 12.2 Å². The van der Waals surface area contributed by atoms with Crippen molar-refractivity contribution in [2.45, 2.75) is 57.2 Å². The third kappa shape index (κ3) is 4.00. The maximum atomic E-state index is 5.59. The predicted octanol–water partition coefficient (Wildman–Crippen LogP) is 1.94. The van der Waals surface area contributed by atoms with Crippen molar-refractivity contribution in [3.63, 3.8) is 0 Å². The van der Waals surface area contributed by atoms with Crippen LogP contribution in [0.15, 0.2) is 0 Å². The molecule has 0 bridgehead atoms. The molecule has 1 fully saturated rings. The topological polar surface area (TPSA) is 38.5 Å². The number of rotatable bonds is 5. The largest absolute Gasteiger partial charge is 0.393 e. The Morgan fingerprint density at radius 1 is 1.56 bits per heavy atom. The van der Waals surface area contributed by atoms with E-state index < -0.39 is 0 Å². The molecule has 0 aliphatic heterocycles. The third-order valence-corrected chi connectivity index (χ3v) is 3.87. The number of nitrogens with two attached hydrogens (primary N) is 1. The van der Waals surface area contributed by atoms with E-state index in [-0.39, 0.29) is 0 Å². The van der Waals surface area contributed by atoms with E-state index in [0.717, 1.165) is 12.8 Å². The lowest BCUT2D eigenvalue weighted by Gasteiger charge is -2.38. The zero-order chi connectivity index (χ0) is 12.1. The number of ether oxygens (including phenoxy) is 1. The molecule has 0 aromatic rings. The fraction of sp³-hybridized carbons (Fsp3) is 0.917. The van der Waals surface area contributed by atoms with Crippen LogP contribution in [0.3, 0.4) is 0 Å². The Morgan fingerprint density at radius 3 is 2.81 bits per heavy atom. The van der Waals surface area contributed by atoms with Crippen LogP contribution in [-0.2, 0) is 4.74 Å². The Hall–Kier alpha value is -0.190. The highest BCUT2D eigenvalue weighted by Gasteiger charge is 2.27. The van der Waals surface area contributed by atoms with Crippen LogP contribution < -0.4 is 5.73 Å². The molecular weight excluding hydrogens is 220 g/mol. The van der Waals surface area contributed by atoms with E-state index in [1.54, 1.807) is 0 Å². The first-order valence-electron chi connectivity index (χ1n) is 6.07. The van der Waals surface area contributed by atoms with Gasteiger partial charge in [0, 0.05) is 25.6 Å². The van der Waals surface area contributed by atoms with Gasteiger partial charge in [0.15, 0.2) is 0 Å². The van der Waals surface area contributed by atoms with Crippen LogP contribution in [-0.4, -0.2) is 42.2 Å². The van der Waals surface area contributed by atoms with Crippen molar-refractivity contribution in [3.05, 3.63) is 0 Å². The predicted molar refractivity (Wildman–Crippen MR) is 71.7 cm³/mol. The molecule has 3 nitrogen and oxygen atoms in total. The van der Waals surface area contributed by atoms with Crippen molar-refractivity contribution in [3.8, 4) is 0 Å². The van der Waals surface area contributed by atoms with E-state index in [0.29, 0.717) is 23.2 Å². The number of thiocarbonyl (C=S) groups is 1. The molecular formula is C12H24N2OS. The van der Waals surface area contributed by atoms with Crippen molar-refractivity contribution in [2.75, 3.05) is 14.2 Å². The molecule has 3 unspecified atom stereocenters. The van der Waals surface area contributed by atoms with Crippen molar-refractivity contribution in [1.29, 1.82) is 0 Å². The molecule has 0 saturated heterocycles. The monoisotopic (exact) mass is 244 g/mol. The Labute approximate surface area is 104 Å². The van der Waals surface area contributed by atoms with Gasteiger partial charge in [0.25, 0.3) is 0 Å². The average molecular weight is 244 g/mol. The van der Waals surface area contributed by atoms with Gasteiger partial charge in [0.05, 0.1) is 11.1 Å². The standard InChI is InChI=1S/C12H24N2OS/c1-9(7-12(13)16)14(2)10-5-4-6-11(8-10)15-3/h9-11H,4-8H2,1-3H3,(H2,13,16). The van der Waals surface area contributed by atoms with Gasteiger partial charge >= 0.3 is 0 Å². The Kier molecular flexibility index (Phi) is 5.66. The zero-order valence-corrected chi connectivity index (χ0v) is 11.4. The maximum Gasteiger partial charge on any atom is 0.0742 e. The Balaban J connectivity index is 2.45. The maximum absolute atomic E-state index is 5.59. The number of hydrogen-bond acceptors (Lipinski definition) is 3. The second-order valence-corrected chi connectivity index (χ2v) is 5.39. The summed E-state index contributed by atoms with van der Waals surface area (Å²) >= 11 is 4.96. The second-order valence-electron chi connectivity index (χ2n) is 4.86. The molecule has 2 N–H and O–H groups in total. The van der Waals surface area contributed by atoms with Crippen LogP contribution in [0.2, 0.25) is 0 Å². The lowest BCUT2D eigenvalue weighted by Crippen LogP contribution is -2.44. The van der Waals surface area contributed by atoms with Gasteiger partial charge < -0.3 is 15.4 Å². The van der Waals surface area contributed by atoms with E-state index in [2.05, 4.69) is 18.9 Å². The third-order valence-electron chi connectivity index (χ3n) is 3.70. The fourth-order valence-corrected chi connectivity index (χ4v) is 2.74. The summed E-state index contributed by atoms with van der Waals surface area (Å²) in [5, 5.41) is 0. The van der Waals surface area contributed by atoms with Gasteiger partial charge in [-0.25, -0.2) is 0 Å². The smallest absolute Gasteiger partial charge is 0.0742 e. The van der Waals surface area contributed by atoms with E-state index in [9.17, 15) is 0 Å². The summed E-state index contributed by atoms with van der Waals surface area (Å²) in [6, 6.07) is 1.04. The zero-order valence-electron chi connectivity index (χ0n) is 10.6. The van der Waals surface area contributed by atoms with Crippen LogP contribution in [0.4, 0.5) is 0 Å². The highest BCUT2D eigenvalue weighted by atomic mass is 32.1. The molecule has 16 heavy (non-hydrogen) atoms. The van der Waals surface area contributed by atoms with Crippen LogP contribution in [0.1, 0.15) is 39.0 Å². The molecule has 1 aliphatic rings. The average Bonchev–Trinajstić information content (AvgIpc) is 2.27. The molecule has 4 heteroatoms. The molecule has 0 heterocycles. The SMILES string of the molecule is COC1CCCC(N(C)C(C)CC(N)=S)C1. The number of nitrogens with zero attached hydrogens (tertiary/aromatic N) is 1. The molecule has 3 atom stereocenters. The number of hydrogen-bond donors (Lipinski definition) is 1. The van der Waals surface area contributed by atoms with Gasteiger partial charge in [-0.15, -0.1) is 0 Å². The first-order chi connectivity index (χ1) is 7.54. The molecule has 0 aromatic carbocycles. The van der Waals surface area contributed by atoms with E-state index in [4.69, 9.17) is 22.7 Å². The molecule has 94 valence electrons. The highest BCUT2D eigenvalue weighted by Crippen LogP contribution is 2.25. The lowest BCUT2D eigenvalue weighted by atomic mass is 9.91. The summed E-state index contributed by atoms with van der Waals surface area (Å²) in [6.45, 7) is 2.19. The molecule has 0 amide bonds. The minimum absolute atomic E-state index is 0.429. The van der Waals surface area contributed by atoms with Crippen LogP contribution in [0.5, 0.6) is 0 Å². The molecule has 1 saturated carbocycles. The van der Waals surface area contributed by atoms with Crippen molar-refractivity contribution in [1.82, 2.24) is 4.90 Å². The van der Waals surface area contributed by atoms with Crippen LogP contribution in [0.25, 0.3) is 0 Å².